The Bertz CT molecular complexity index is 550. The van der Waals surface area contributed by atoms with Crippen molar-refractivity contribution in [2.75, 3.05) is 0 Å². The van der Waals surface area contributed by atoms with Crippen LogP contribution in [0.4, 0.5) is 0 Å². The molecule has 0 aliphatic carbocycles. The molecular formula is C9H7Br2N3O2. The SMILES string of the molecule is O=c1[nH]nc(COc2cccc(Br)c2Br)[nH]1. The van der Waals surface area contributed by atoms with Crippen molar-refractivity contribution in [3.05, 3.63) is 43.5 Å². The Labute approximate surface area is 107 Å². The van der Waals surface area contributed by atoms with Gasteiger partial charge in [-0.15, -0.1) is 0 Å². The molecule has 2 rings (SSSR count). The summed E-state index contributed by atoms with van der Waals surface area (Å²) >= 11 is 6.76. The van der Waals surface area contributed by atoms with E-state index in [0.29, 0.717) is 11.6 Å². The van der Waals surface area contributed by atoms with Gasteiger partial charge in [-0.05, 0) is 44.0 Å². The lowest BCUT2D eigenvalue weighted by Gasteiger charge is -2.06. The quantitative estimate of drug-likeness (QED) is 0.893. The fourth-order valence-corrected chi connectivity index (χ4v) is 1.84. The summed E-state index contributed by atoms with van der Waals surface area (Å²) in [6.45, 7) is 0.202. The van der Waals surface area contributed by atoms with Crippen LogP contribution in [0.15, 0.2) is 31.9 Å². The van der Waals surface area contributed by atoms with Crippen LogP contribution in [0.2, 0.25) is 0 Å². The predicted molar refractivity (Wildman–Crippen MR) is 65.4 cm³/mol. The minimum absolute atomic E-state index is 0.202. The smallest absolute Gasteiger partial charge is 0.340 e. The second-order valence-electron chi connectivity index (χ2n) is 2.97. The normalized spacial score (nSPS) is 10.4. The molecule has 16 heavy (non-hydrogen) atoms. The van der Waals surface area contributed by atoms with E-state index < -0.39 is 0 Å². The fourth-order valence-electron chi connectivity index (χ4n) is 1.12. The molecule has 2 N–H and O–H groups in total. The topological polar surface area (TPSA) is 70.8 Å². The molecule has 0 radical (unpaired) electrons. The molecule has 0 fully saturated rings. The van der Waals surface area contributed by atoms with Gasteiger partial charge in [0, 0.05) is 4.47 Å². The molecule has 0 amide bonds. The zero-order valence-corrected chi connectivity index (χ0v) is 11.1. The maximum Gasteiger partial charge on any atom is 0.340 e. The van der Waals surface area contributed by atoms with Crippen LogP contribution < -0.4 is 10.4 Å². The van der Waals surface area contributed by atoms with Crippen molar-refractivity contribution in [3.8, 4) is 5.75 Å². The van der Waals surface area contributed by atoms with Gasteiger partial charge in [-0.2, -0.15) is 5.10 Å². The average Bonchev–Trinajstić information content (AvgIpc) is 2.67. The Hall–Kier alpha value is -1.08. The molecule has 84 valence electrons. The van der Waals surface area contributed by atoms with Crippen molar-refractivity contribution in [2.45, 2.75) is 6.61 Å². The number of nitrogens with one attached hydrogen (secondary N) is 2. The first-order valence-electron chi connectivity index (χ1n) is 4.37. The van der Waals surface area contributed by atoms with Crippen LogP contribution in [-0.2, 0) is 6.61 Å². The lowest BCUT2D eigenvalue weighted by atomic mass is 10.3. The van der Waals surface area contributed by atoms with Gasteiger partial charge in [-0.1, -0.05) is 6.07 Å². The lowest BCUT2D eigenvalue weighted by Crippen LogP contribution is -2.03. The van der Waals surface area contributed by atoms with Crippen molar-refractivity contribution in [3.63, 3.8) is 0 Å². The summed E-state index contributed by atoms with van der Waals surface area (Å²) in [7, 11) is 0. The number of aromatic nitrogens is 3. The van der Waals surface area contributed by atoms with Crippen molar-refractivity contribution >= 4 is 31.9 Å². The Balaban J connectivity index is 2.10. The highest BCUT2D eigenvalue weighted by atomic mass is 79.9. The first kappa shape index (κ1) is 11.4. The first-order chi connectivity index (χ1) is 7.66. The third-order valence-electron chi connectivity index (χ3n) is 1.83. The molecule has 0 atom stereocenters. The first-order valence-corrected chi connectivity index (χ1v) is 5.96. The summed E-state index contributed by atoms with van der Waals surface area (Å²) in [6, 6.07) is 5.57. The van der Waals surface area contributed by atoms with Gasteiger partial charge >= 0.3 is 5.69 Å². The molecule has 0 aliphatic rings. The number of benzene rings is 1. The Morgan fingerprint density at radius 3 is 2.88 bits per heavy atom. The molecule has 0 spiro atoms. The number of hydrogen-bond acceptors (Lipinski definition) is 3. The minimum Gasteiger partial charge on any atom is -0.484 e. The van der Waals surface area contributed by atoms with Gasteiger partial charge in [-0.25, -0.2) is 9.89 Å². The molecule has 7 heteroatoms. The van der Waals surface area contributed by atoms with Gasteiger partial charge in [0.05, 0.1) is 4.47 Å². The largest absolute Gasteiger partial charge is 0.484 e. The Morgan fingerprint density at radius 1 is 1.38 bits per heavy atom. The molecule has 1 aromatic carbocycles. The van der Waals surface area contributed by atoms with Crippen molar-refractivity contribution in [1.29, 1.82) is 0 Å². The number of nitrogens with zero attached hydrogens (tertiary/aromatic N) is 1. The van der Waals surface area contributed by atoms with E-state index in [1.165, 1.54) is 0 Å². The van der Waals surface area contributed by atoms with E-state index in [1.54, 1.807) is 0 Å². The number of ether oxygens (including phenoxy) is 1. The highest BCUT2D eigenvalue weighted by Gasteiger charge is 2.05. The summed E-state index contributed by atoms with van der Waals surface area (Å²) in [5, 5.41) is 6.01. The van der Waals surface area contributed by atoms with Crippen LogP contribution in [-0.4, -0.2) is 15.2 Å². The van der Waals surface area contributed by atoms with Gasteiger partial charge < -0.3 is 4.74 Å². The lowest BCUT2D eigenvalue weighted by molar-refractivity contribution is 0.294. The van der Waals surface area contributed by atoms with Crippen molar-refractivity contribution in [2.24, 2.45) is 0 Å². The molecule has 0 saturated carbocycles. The van der Waals surface area contributed by atoms with E-state index in [-0.39, 0.29) is 12.3 Å². The Morgan fingerprint density at radius 2 is 2.19 bits per heavy atom. The molecule has 2 aromatic rings. The zero-order valence-electron chi connectivity index (χ0n) is 7.96. The van der Waals surface area contributed by atoms with E-state index in [0.717, 1.165) is 8.95 Å². The predicted octanol–water partition coefficient (Wildman–Crippen LogP) is 2.20. The summed E-state index contributed by atoms with van der Waals surface area (Å²) in [5.74, 6) is 1.13. The van der Waals surface area contributed by atoms with Gasteiger partial charge in [0.2, 0.25) is 0 Å². The summed E-state index contributed by atoms with van der Waals surface area (Å²) in [5.41, 5.74) is -0.341. The van der Waals surface area contributed by atoms with Crippen LogP contribution in [0.3, 0.4) is 0 Å². The second-order valence-corrected chi connectivity index (χ2v) is 4.61. The van der Waals surface area contributed by atoms with Crippen LogP contribution in [0.25, 0.3) is 0 Å². The standard InChI is InChI=1S/C9H7Br2N3O2/c10-5-2-1-3-6(8(5)11)16-4-7-12-9(15)14-13-7/h1-3H,4H2,(H2,12,13,14,15). The van der Waals surface area contributed by atoms with Crippen LogP contribution in [0, 0.1) is 0 Å². The molecule has 5 nitrogen and oxygen atoms in total. The summed E-state index contributed by atoms with van der Waals surface area (Å²) in [6.07, 6.45) is 0. The van der Waals surface area contributed by atoms with Gasteiger partial charge in [0.1, 0.15) is 12.4 Å². The van der Waals surface area contributed by atoms with Gasteiger partial charge in [0.25, 0.3) is 0 Å². The van der Waals surface area contributed by atoms with Crippen LogP contribution in [0.1, 0.15) is 5.82 Å². The van der Waals surface area contributed by atoms with Gasteiger partial charge in [0.15, 0.2) is 5.82 Å². The molecule has 0 aliphatic heterocycles. The second kappa shape index (κ2) is 4.84. The third kappa shape index (κ3) is 2.53. The van der Waals surface area contributed by atoms with E-state index >= 15 is 0 Å². The number of rotatable bonds is 3. The number of aromatic amines is 2. The van der Waals surface area contributed by atoms with E-state index in [2.05, 4.69) is 47.0 Å². The maximum absolute atomic E-state index is 10.8. The summed E-state index contributed by atoms with van der Waals surface area (Å²) in [4.78, 5) is 13.3. The fraction of sp³-hybridized carbons (Fsp3) is 0.111. The van der Waals surface area contributed by atoms with Crippen molar-refractivity contribution < 1.29 is 4.74 Å². The Kier molecular flexibility index (Phi) is 3.45. The van der Waals surface area contributed by atoms with Crippen molar-refractivity contribution in [1.82, 2.24) is 15.2 Å². The molecule has 0 bridgehead atoms. The number of H-pyrrole nitrogens is 2. The van der Waals surface area contributed by atoms with E-state index in [1.807, 2.05) is 18.2 Å². The molecule has 0 saturated heterocycles. The highest BCUT2D eigenvalue weighted by Crippen LogP contribution is 2.32. The monoisotopic (exact) mass is 347 g/mol. The van der Waals surface area contributed by atoms with E-state index in [4.69, 9.17) is 4.74 Å². The summed E-state index contributed by atoms with van der Waals surface area (Å²) < 4.78 is 7.22. The molecule has 1 aromatic heterocycles. The van der Waals surface area contributed by atoms with Crippen LogP contribution in [0.5, 0.6) is 5.75 Å². The average molecular weight is 349 g/mol. The molecule has 1 heterocycles. The molecule has 0 unspecified atom stereocenters. The van der Waals surface area contributed by atoms with Gasteiger partial charge in [-0.3, -0.25) is 4.98 Å². The van der Waals surface area contributed by atoms with Crippen LogP contribution >= 0.6 is 31.9 Å². The number of hydrogen-bond donors (Lipinski definition) is 2. The zero-order chi connectivity index (χ0) is 11.5. The van der Waals surface area contributed by atoms with E-state index in [9.17, 15) is 4.79 Å². The minimum atomic E-state index is -0.341. The molecular weight excluding hydrogens is 342 g/mol. The highest BCUT2D eigenvalue weighted by molar-refractivity contribution is 9.13. The third-order valence-corrected chi connectivity index (χ3v) is 3.84. The maximum atomic E-state index is 10.8. The number of halogens is 2.